The predicted octanol–water partition coefficient (Wildman–Crippen LogP) is 3.07. The highest BCUT2D eigenvalue weighted by Crippen LogP contribution is 2.27. The lowest BCUT2D eigenvalue weighted by Gasteiger charge is -2.35. The van der Waals surface area contributed by atoms with Crippen molar-refractivity contribution < 1.29 is 9.59 Å². The molecule has 168 valence electrons. The van der Waals surface area contributed by atoms with Gasteiger partial charge in [0.05, 0.1) is 0 Å². The fourth-order valence-corrected chi connectivity index (χ4v) is 4.87. The first-order valence-corrected chi connectivity index (χ1v) is 11.6. The number of carbonyl (C=O) groups is 2. The maximum atomic E-state index is 13.2. The number of anilines is 1. The Kier molecular flexibility index (Phi) is 6.07. The van der Waals surface area contributed by atoms with Crippen molar-refractivity contribution in [2.75, 3.05) is 31.1 Å². The van der Waals surface area contributed by atoms with Gasteiger partial charge in [-0.2, -0.15) is 0 Å². The minimum absolute atomic E-state index is 0.0459. The molecule has 5 rings (SSSR count). The molecule has 1 aromatic heterocycles. The van der Waals surface area contributed by atoms with Gasteiger partial charge in [0.2, 0.25) is 11.8 Å². The zero-order valence-corrected chi connectivity index (χ0v) is 18.6. The molecule has 33 heavy (non-hydrogen) atoms. The van der Waals surface area contributed by atoms with E-state index in [0.717, 1.165) is 29.7 Å². The number of hydrogen-bond acceptors (Lipinski definition) is 4. The van der Waals surface area contributed by atoms with Crippen molar-refractivity contribution in [1.29, 1.82) is 0 Å². The van der Waals surface area contributed by atoms with Crippen LogP contribution in [0.25, 0.3) is 11.1 Å². The minimum atomic E-state index is -0.482. The maximum absolute atomic E-state index is 13.2. The molecule has 0 saturated carbocycles. The van der Waals surface area contributed by atoms with Gasteiger partial charge in [-0.25, -0.2) is 0 Å². The lowest BCUT2D eigenvalue weighted by atomic mass is 9.98. The average Bonchev–Trinajstić information content (AvgIpc) is 3.28. The minimum Gasteiger partial charge on any atom is -0.370 e. The monoisotopic (exact) mass is 440 g/mol. The third kappa shape index (κ3) is 4.60. The summed E-state index contributed by atoms with van der Waals surface area (Å²) in [6, 6.07) is 20.0. The van der Waals surface area contributed by atoms with Gasteiger partial charge in [0, 0.05) is 57.1 Å². The lowest BCUT2D eigenvalue weighted by Crippen LogP contribution is -2.58. The SMILES string of the molecule is O=C1NCCN(C(=O)CCN2CCc3ccccc32)[C@@H]1Cc1cccc(-c2ccncc2)c1. The van der Waals surface area contributed by atoms with Gasteiger partial charge < -0.3 is 15.1 Å². The van der Waals surface area contributed by atoms with Gasteiger partial charge in [-0.05, 0) is 46.9 Å². The van der Waals surface area contributed by atoms with Gasteiger partial charge >= 0.3 is 0 Å². The Hall–Kier alpha value is -3.67. The molecule has 0 spiro atoms. The van der Waals surface area contributed by atoms with Gasteiger partial charge in [-0.15, -0.1) is 0 Å². The number of pyridine rings is 1. The molecule has 6 heteroatoms. The van der Waals surface area contributed by atoms with Crippen molar-refractivity contribution in [3.63, 3.8) is 0 Å². The molecule has 1 saturated heterocycles. The van der Waals surface area contributed by atoms with E-state index in [9.17, 15) is 9.59 Å². The summed E-state index contributed by atoms with van der Waals surface area (Å²) in [7, 11) is 0. The standard InChI is InChI=1S/C27H28N4O2/c32-26(11-16-30-15-10-22-5-1-2-7-24(22)30)31-17-14-29-27(33)25(31)19-20-4-3-6-23(18-20)21-8-12-28-13-9-21/h1-9,12-13,18,25H,10-11,14-17,19H2,(H,29,33)/t25-/m1/s1. The first-order valence-electron chi connectivity index (χ1n) is 11.6. The number of benzene rings is 2. The molecule has 1 N–H and O–H groups in total. The molecule has 1 atom stereocenters. The van der Waals surface area contributed by atoms with Gasteiger partial charge in [-0.1, -0.05) is 42.5 Å². The first kappa shape index (κ1) is 21.2. The summed E-state index contributed by atoms with van der Waals surface area (Å²) in [5.74, 6) is -0.0278. The third-order valence-corrected chi connectivity index (χ3v) is 6.60. The Morgan fingerprint density at radius 2 is 1.85 bits per heavy atom. The molecule has 0 bridgehead atoms. The molecule has 0 unspecified atom stereocenters. The van der Waals surface area contributed by atoms with Crippen LogP contribution in [-0.2, 0) is 22.4 Å². The molecular formula is C27H28N4O2. The van der Waals surface area contributed by atoms with Crippen molar-refractivity contribution in [2.24, 2.45) is 0 Å². The number of fused-ring (bicyclic) bond motifs is 1. The predicted molar refractivity (Wildman–Crippen MR) is 129 cm³/mol. The van der Waals surface area contributed by atoms with Crippen molar-refractivity contribution >= 4 is 17.5 Å². The van der Waals surface area contributed by atoms with Gasteiger partial charge in [-0.3, -0.25) is 14.6 Å². The maximum Gasteiger partial charge on any atom is 0.243 e. The van der Waals surface area contributed by atoms with E-state index in [1.807, 2.05) is 30.3 Å². The summed E-state index contributed by atoms with van der Waals surface area (Å²) in [6.07, 6.45) is 5.48. The van der Waals surface area contributed by atoms with Crippen LogP contribution in [0, 0.1) is 0 Å². The van der Waals surface area contributed by atoms with Crippen molar-refractivity contribution in [1.82, 2.24) is 15.2 Å². The molecule has 0 radical (unpaired) electrons. The lowest BCUT2D eigenvalue weighted by molar-refractivity contribution is -0.143. The number of para-hydroxylation sites is 1. The summed E-state index contributed by atoms with van der Waals surface area (Å²) >= 11 is 0. The highest BCUT2D eigenvalue weighted by molar-refractivity contribution is 5.89. The highest BCUT2D eigenvalue weighted by Gasteiger charge is 2.33. The summed E-state index contributed by atoms with van der Waals surface area (Å²) in [5, 5.41) is 2.94. The van der Waals surface area contributed by atoms with Crippen LogP contribution < -0.4 is 10.2 Å². The normalized spacial score (nSPS) is 17.6. The zero-order chi connectivity index (χ0) is 22.6. The summed E-state index contributed by atoms with van der Waals surface area (Å²) in [4.78, 5) is 34.1. The Labute approximate surface area is 194 Å². The van der Waals surface area contributed by atoms with Crippen LogP contribution in [-0.4, -0.2) is 53.9 Å². The van der Waals surface area contributed by atoms with E-state index in [0.29, 0.717) is 32.5 Å². The number of carbonyl (C=O) groups excluding carboxylic acids is 2. The number of aromatic nitrogens is 1. The molecular weight excluding hydrogens is 412 g/mol. The topological polar surface area (TPSA) is 65.5 Å². The summed E-state index contributed by atoms with van der Waals surface area (Å²) in [5.41, 5.74) is 5.77. The Morgan fingerprint density at radius 3 is 2.73 bits per heavy atom. The molecule has 0 aliphatic carbocycles. The van der Waals surface area contributed by atoms with E-state index in [1.54, 1.807) is 17.3 Å². The number of nitrogens with one attached hydrogen (secondary N) is 1. The van der Waals surface area contributed by atoms with E-state index in [2.05, 4.69) is 45.5 Å². The van der Waals surface area contributed by atoms with Crippen molar-refractivity contribution in [2.45, 2.75) is 25.3 Å². The Morgan fingerprint density at radius 1 is 1.00 bits per heavy atom. The van der Waals surface area contributed by atoms with Crippen LogP contribution in [0.5, 0.6) is 0 Å². The van der Waals surface area contributed by atoms with Crippen LogP contribution >= 0.6 is 0 Å². The third-order valence-electron chi connectivity index (χ3n) is 6.60. The fraction of sp³-hybridized carbons (Fsp3) is 0.296. The van der Waals surface area contributed by atoms with E-state index < -0.39 is 6.04 Å². The van der Waals surface area contributed by atoms with E-state index in [-0.39, 0.29) is 11.8 Å². The molecule has 3 heterocycles. The largest absolute Gasteiger partial charge is 0.370 e. The number of amides is 2. The average molecular weight is 441 g/mol. The quantitative estimate of drug-likeness (QED) is 0.640. The number of rotatable bonds is 6. The molecule has 6 nitrogen and oxygen atoms in total. The molecule has 1 fully saturated rings. The van der Waals surface area contributed by atoms with Crippen LogP contribution in [0.4, 0.5) is 5.69 Å². The van der Waals surface area contributed by atoms with Gasteiger partial charge in [0.1, 0.15) is 6.04 Å². The second kappa shape index (κ2) is 9.45. The second-order valence-corrected chi connectivity index (χ2v) is 8.65. The smallest absolute Gasteiger partial charge is 0.243 e. The summed E-state index contributed by atoms with van der Waals surface area (Å²) in [6.45, 7) is 2.68. The molecule has 2 amide bonds. The number of piperazine rings is 1. The van der Waals surface area contributed by atoms with Crippen molar-refractivity contribution in [3.8, 4) is 11.1 Å². The van der Waals surface area contributed by atoms with Crippen LogP contribution in [0.1, 0.15) is 17.5 Å². The van der Waals surface area contributed by atoms with Crippen LogP contribution in [0.3, 0.4) is 0 Å². The Balaban J connectivity index is 1.28. The van der Waals surface area contributed by atoms with Crippen molar-refractivity contribution in [3.05, 3.63) is 84.2 Å². The van der Waals surface area contributed by atoms with E-state index in [4.69, 9.17) is 0 Å². The molecule has 2 aromatic carbocycles. The molecule has 2 aliphatic heterocycles. The molecule has 2 aliphatic rings. The molecule has 3 aromatic rings. The summed E-state index contributed by atoms with van der Waals surface area (Å²) < 4.78 is 0. The van der Waals surface area contributed by atoms with Crippen LogP contribution in [0.15, 0.2) is 73.1 Å². The number of hydrogen-bond donors (Lipinski definition) is 1. The van der Waals surface area contributed by atoms with E-state index >= 15 is 0 Å². The van der Waals surface area contributed by atoms with Gasteiger partial charge in [0.25, 0.3) is 0 Å². The fourth-order valence-electron chi connectivity index (χ4n) is 4.87. The van der Waals surface area contributed by atoms with Gasteiger partial charge in [0.15, 0.2) is 0 Å². The van der Waals surface area contributed by atoms with E-state index in [1.165, 1.54) is 11.3 Å². The second-order valence-electron chi connectivity index (χ2n) is 8.65. The zero-order valence-electron chi connectivity index (χ0n) is 18.6. The highest BCUT2D eigenvalue weighted by atomic mass is 16.2. The van der Waals surface area contributed by atoms with Crippen LogP contribution in [0.2, 0.25) is 0 Å². The first-order chi connectivity index (χ1) is 16.2. The number of nitrogens with zero attached hydrogens (tertiary/aromatic N) is 3. The Bertz CT molecular complexity index is 1150.